The monoisotopic (exact) mass is 427 g/mol. The largest absolute Gasteiger partial charge is 0.481 e. The topological polar surface area (TPSA) is 40.5 Å². The van der Waals surface area contributed by atoms with Crippen LogP contribution in [-0.4, -0.2) is 35.1 Å². The fourth-order valence-electron chi connectivity index (χ4n) is 5.80. The molecule has 31 heavy (non-hydrogen) atoms. The Morgan fingerprint density at radius 3 is 2.35 bits per heavy atom. The maximum Gasteiger partial charge on any atom is 0.306 e. The van der Waals surface area contributed by atoms with Crippen molar-refractivity contribution in [3.8, 4) is 0 Å². The van der Waals surface area contributed by atoms with Crippen LogP contribution in [0.1, 0.15) is 120 Å². The van der Waals surface area contributed by atoms with E-state index in [0.29, 0.717) is 17.9 Å². The normalized spacial score (nSPS) is 24.2. The number of nitrogens with zero attached hydrogens (tertiary/aromatic N) is 1. The lowest BCUT2D eigenvalue weighted by Gasteiger charge is -2.40. The van der Waals surface area contributed by atoms with E-state index >= 15 is 0 Å². The quantitative estimate of drug-likeness (QED) is 0.375. The molecule has 0 radical (unpaired) electrons. The van der Waals surface area contributed by atoms with Crippen molar-refractivity contribution in [1.82, 2.24) is 4.90 Å². The molecule has 1 saturated carbocycles. The van der Waals surface area contributed by atoms with E-state index in [-0.39, 0.29) is 5.92 Å². The molecule has 3 heteroatoms. The lowest BCUT2D eigenvalue weighted by molar-refractivity contribution is -0.143. The Hall–Kier alpha value is -1.35. The van der Waals surface area contributed by atoms with E-state index in [4.69, 9.17) is 0 Å². The molecule has 174 valence electrons. The zero-order chi connectivity index (χ0) is 22.1. The van der Waals surface area contributed by atoms with Gasteiger partial charge in [-0.3, -0.25) is 4.79 Å². The number of hydrogen-bond acceptors (Lipinski definition) is 2. The van der Waals surface area contributed by atoms with Gasteiger partial charge in [-0.15, -0.1) is 0 Å². The van der Waals surface area contributed by atoms with Crippen LogP contribution in [0.25, 0.3) is 0 Å². The standard InChI is InChI=1S/C28H45NO2/c1-3-4-5-6-7-8-10-22(2)23-13-15-24(16-14-23)26-11-9-12-27(21-26)29-19-17-25(18-20-29)28(30)31/h13-16,22,25-27H,3-12,17-21H2,1-2H3,(H,30,31). The molecule has 1 saturated heterocycles. The van der Waals surface area contributed by atoms with E-state index in [9.17, 15) is 9.90 Å². The van der Waals surface area contributed by atoms with Crippen molar-refractivity contribution in [3.05, 3.63) is 35.4 Å². The van der Waals surface area contributed by atoms with Gasteiger partial charge in [-0.1, -0.05) is 83.1 Å². The highest BCUT2D eigenvalue weighted by atomic mass is 16.4. The second-order valence-corrected chi connectivity index (χ2v) is 10.3. The summed E-state index contributed by atoms with van der Waals surface area (Å²) in [5.41, 5.74) is 3.01. The number of carboxylic acids is 1. The van der Waals surface area contributed by atoms with Gasteiger partial charge in [0.2, 0.25) is 0 Å². The van der Waals surface area contributed by atoms with Crippen molar-refractivity contribution in [1.29, 1.82) is 0 Å². The van der Waals surface area contributed by atoms with Gasteiger partial charge in [0, 0.05) is 6.04 Å². The molecule has 2 fully saturated rings. The van der Waals surface area contributed by atoms with Crippen molar-refractivity contribution < 1.29 is 9.90 Å². The minimum atomic E-state index is -0.605. The van der Waals surface area contributed by atoms with E-state index in [2.05, 4.69) is 43.0 Å². The van der Waals surface area contributed by atoms with Crippen LogP contribution >= 0.6 is 0 Å². The molecule has 1 aliphatic carbocycles. The number of likely N-dealkylation sites (tertiary alicyclic amines) is 1. The number of aliphatic carboxylic acids is 1. The van der Waals surface area contributed by atoms with Gasteiger partial charge in [-0.05, 0) is 74.6 Å². The Balaban J connectivity index is 1.45. The highest BCUT2D eigenvalue weighted by Gasteiger charge is 2.32. The van der Waals surface area contributed by atoms with Gasteiger partial charge in [0.15, 0.2) is 0 Å². The van der Waals surface area contributed by atoms with Crippen LogP contribution in [-0.2, 0) is 4.79 Å². The summed E-state index contributed by atoms with van der Waals surface area (Å²) in [7, 11) is 0. The summed E-state index contributed by atoms with van der Waals surface area (Å²) < 4.78 is 0. The summed E-state index contributed by atoms with van der Waals surface area (Å²) in [5.74, 6) is 0.599. The average molecular weight is 428 g/mol. The van der Waals surface area contributed by atoms with Crippen LogP contribution in [0.2, 0.25) is 0 Å². The average Bonchev–Trinajstić information content (AvgIpc) is 2.81. The number of rotatable bonds is 11. The predicted molar refractivity (Wildman–Crippen MR) is 130 cm³/mol. The summed E-state index contributed by atoms with van der Waals surface area (Å²) in [4.78, 5) is 13.8. The molecule has 0 aromatic heterocycles. The molecule has 1 heterocycles. The first-order valence-corrected chi connectivity index (χ1v) is 13.1. The number of benzene rings is 1. The molecule has 1 N–H and O–H groups in total. The number of carbonyl (C=O) groups is 1. The maximum absolute atomic E-state index is 11.2. The number of carboxylic acid groups (broad SMARTS) is 1. The van der Waals surface area contributed by atoms with Crippen LogP contribution in [0.4, 0.5) is 0 Å². The third kappa shape index (κ3) is 7.34. The number of piperidine rings is 1. The summed E-state index contributed by atoms with van der Waals surface area (Å²) in [6.07, 6.45) is 16.3. The molecule has 0 bridgehead atoms. The molecular formula is C28H45NO2. The van der Waals surface area contributed by atoms with Crippen LogP contribution < -0.4 is 0 Å². The second kappa shape index (κ2) is 12.6. The van der Waals surface area contributed by atoms with E-state index < -0.39 is 5.97 Å². The molecule has 0 spiro atoms. The molecule has 3 rings (SSSR count). The lowest BCUT2D eigenvalue weighted by Crippen LogP contribution is -2.44. The van der Waals surface area contributed by atoms with E-state index in [1.807, 2.05) is 0 Å². The highest BCUT2D eigenvalue weighted by molar-refractivity contribution is 5.70. The van der Waals surface area contributed by atoms with Crippen molar-refractivity contribution in [2.75, 3.05) is 13.1 Å². The van der Waals surface area contributed by atoms with Gasteiger partial charge in [0.25, 0.3) is 0 Å². The summed E-state index contributed by atoms with van der Waals surface area (Å²) in [5, 5.41) is 9.26. The third-order valence-corrected chi connectivity index (χ3v) is 8.01. The molecule has 0 amide bonds. The van der Waals surface area contributed by atoms with E-state index in [0.717, 1.165) is 25.9 Å². The van der Waals surface area contributed by atoms with E-state index in [1.54, 1.807) is 0 Å². The van der Waals surface area contributed by atoms with Gasteiger partial charge in [0.1, 0.15) is 0 Å². The van der Waals surface area contributed by atoms with Gasteiger partial charge in [-0.2, -0.15) is 0 Å². The van der Waals surface area contributed by atoms with Crippen LogP contribution in [0.3, 0.4) is 0 Å². The molecule has 1 aromatic carbocycles. The Labute approximate surface area is 190 Å². The number of unbranched alkanes of at least 4 members (excludes halogenated alkanes) is 5. The number of hydrogen-bond donors (Lipinski definition) is 1. The predicted octanol–water partition coefficient (Wildman–Crippen LogP) is 7.36. The summed E-state index contributed by atoms with van der Waals surface area (Å²) in [6.45, 7) is 6.59. The minimum absolute atomic E-state index is 0.124. The van der Waals surface area contributed by atoms with Gasteiger partial charge < -0.3 is 10.0 Å². The first kappa shape index (κ1) is 24.3. The molecule has 2 aliphatic rings. The van der Waals surface area contributed by atoms with Gasteiger partial charge >= 0.3 is 5.97 Å². The van der Waals surface area contributed by atoms with Crippen molar-refractivity contribution in [2.45, 2.75) is 115 Å². The fourth-order valence-corrected chi connectivity index (χ4v) is 5.80. The molecule has 3 atom stereocenters. The highest BCUT2D eigenvalue weighted by Crippen LogP contribution is 2.37. The first-order chi connectivity index (χ1) is 15.1. The molecule has 1 aromatic rings. The lowest BCUT2D eigenvalue weighted by atomic mass is 9.79. The van der Waals surface area contributed by atoms with Gasteiger partial charge in [0.05, 0.1) is 5.92 Å². The Morgan fingerprint density at radius 1 is 1.00 bits per heavy atom. The maximum atomic E-state index is 11.2. The van der Waals surface area contributed by atoms with Crippen LogP contribution in [0.15, 0.2) is 24.3 Å². The first-order valence-electron chi connectivity index (χ1n) is 13.1. The molecule has 3 nitrogen and oxygen atoms in total. The zero-order valence-electron chi connectivity index (χ0n) is 20.0. The van der Waals surface area contributed by atoms with Crippen molar-refractivity contribution in [3.63, 3.8) is 0 Å². The Kier molecular flexibility index (Phi) is 9.90. The van der Waals surface area contributed by atoms with Crippen LogP contribution in [0.5, 0.6) is 0 Å². The summed E-state index contributed by atoms with van der Waals surface area (Å²) >= 11 is 0. The third-order valence-electron chi connectivity index (χ3n) is 8.01. The van der Waals surface area contributed by atoms with Crippen molar-refractivity contribution in [2.24, 2.45) is 5.92 Å². The van der Waals surface area contributed by atoms with Gasteiger partial charge in [-0.25, -0.2) is 0 Å². The van der Waals surface area contributed by atoms with E-state index in [1.165, 1.54) is 81.8 Å². The summed E-state index contributed by atoms with van der Waals surface area (Å²) in [6, 6.07) is 10.2. The van der Waals surface area contributed by atoms with Crippen LogP contribution in [0, 0.1) is 5.92 Å². The SMILES string of the molecule is CCCCCCCCC(C)c1ccc(C2CCCC(N3CCC(C(=O)O)CC3)C2)cc1. The molecule has 3 unspecified atom stereocenters. The zero-order valence-corrected chi connectivity index (χ0v) is 20.0. The molecule has 1 aliphatic heterocycles. The smallest absolute Gasteiger partial charge is 0.306 e. The fraction of sp³-hybridized carbons (Fsp3) is 0.750. The Bertz CT molecular complexity index is 647. The van der Waals surface area contributed by atoms with Crippen molar-refractivity contribution >= 4 is 5.97 Å². The molecular weight excluding hydrogens is 382 g/mol. The Morgan fingerprint density at radius 2 is 1.68 bits per heavy atom. The minimum Gasteiger partial charge on any atom is -0.481 e. The second-order valence-electron chi connectivity index (χ2n) is 10.3.